The number of nitrogens with zero attached hydrogens (tertiary/aromatic N) is 1. The summed E-state index contributed by atoms with van der Waals surface area (Å²) in [6, 6.07) is 7.90. The molecular weight excluding hydrogens is 395 g/mol. The van der Waals surface area contributed by atoms with E-state index in [0.29, 0.717) is 18.5 Å². The van der Waals surface area contributed by atoms with Crippen molar-refractivity contribution >= 4 is 5.91 Å². The van der Waals surface area contributed by atoms with Crippen molar-refractivity contribution in [2.75, 3.05) is 6.61 Å². The van der Waals surface area contributed by atoms with Gasteiger partial charge in [0.15, 0.2) is 6.61 Å². The molecule has 0 bridgehead atoms. The second-order valence-corrected chi connectivity index (χ2v) is 7.14. The Morgan fingerprint density at radius 1 is 1.17 bits per heavy atom. The van der Waals surface area contributed by atoms with E-state index in [1.807, 2.05) is 0 Å². The molecule has 3 rings (SSSR count). The van der Waals surface area contributed by atoms with Gasteiger partial charge in [0, 0.05) is 18.1 Å². The molecule has 0 aliphatic heterocycles. The molecule has 1 atom stereocenters. The van der Waals surface area contributed by atoms with E-state index in [2.05, 4.69) is 15.0 Å². The average molecular weight is 414 g/mol. The fourth-order valence-corrected chi connectivity index (χ4v) is 3.17. The maximum absolute atomic E-state index is 13.9. The molecule has 1 saturated carbocycles. The summed E-state index contributed by atoms with van der Waals surface area (Å²) in [6.07, 6.45) is -3.53. The van der Waals surface area contributed by atoms with Crippen LogP contribution >= 0.6 is 0 Å². The zero-order valence-electron chi connectivity index (χ0n) is 15.5. The Bertz CT molecular complexity index is 876. The number of carbonyl (C=O) groups is 1. The first kappa shape index (κ1) is 21.0. The summed E-state index contributed by atoms with van der Waals surface area (Å²) in [5.41, 5.74) is -0.578. The van der Waals surface area contributed by atoms with E-state index < -0.39 is 41.8 Å². The van der Waals surface area contributed by atoms with E-state index in [1.165, 1.54) is 18.2 Å². The molecule has 1 aromatic heterocycles. The van der Waals surface area contributed by atoms with Crippen LogP contribution < -0.4 is 10.1 Å². The fraction of sp³-hybridized carbons (Fsp3) is 0.400. The van der Waals surface area contributed by atoms with Crippen LogP contribution in [0.25, 0.3) is 0 Å². The Hall–Kier alpha value is -2.71. The minimum atomic E-state index is -4.48. The number of hydrogen-bond donors (Lipinski definition) is 1. The summed E-state index contributed by atoms with van der Waals surface area (Å²) < 4.78 is 69.4. The Morgan fingerprint density at radius 2 is 1.79 bits per heavy atom. The predicted octanol–water partition coefficient (Wildman–Crippen LogP) is 4.60. The largest absolute Gasteiger partial charge is 0.468 e. The van der Waals surface area contributed by atoms with Crippen LogP contribution in [0.5, 0.6) is 5.88 Å². The summed E-state index contributed by atoms with van der Waals surface area (Å²) >= 11 is 0. The third-order valence-corrected chi connectivity index (χ3v) is 4.71. The van der Waals surface area contributed by atoms with Gasteiger partial charge in [-0.1, -0.05) is 19.1 Å². The fourth-order valence-electron chi connectivity index (χ4n) is 3.17. The topological polar surface area (TPSA) is 51.2 Å². The summed E-state index contributed by atoms with van der Waals surface area (Å²) in [4.78, 5) is 16.5. The van der Waals surface area contributed by atoms with E-state index in [1.54, 1.807) is 13.0 Å². The number of ether oxygens (including phenoxy) is 1. The van der Waals surface area contributed by atoms with E-state index in [4.69, 9.17) is 0 Å². The number of pyridine rings is 1. The molecule has 0 saturated heterocycles. The molecule has 0 unspecified atom stereocenters. The third kappa shape index (κ3) is 5.21. The van der Waals surface area contributed by atoms with Crippen LogP contribution in [0.15, 0.2) is 36.4 Å². The van der Waals surface area contributed by atoms with Gasteiger partial charge in [-0.3, -0.25) is 4.79 Å². The second kappa shape index (κ2) is 7.96. The monoisotopic (exact) mass is 414 g/mol. The van der Waals surface area contributed by atoms with Crippen LogP contribution in [0.3, 0.4) is 0 Å². The van der Waals surface area contributed by atoms with Gasteiger partial charge in [-0.2, -0.15) is 13.2 Å². The number of carbonyl (C=O) groups excluding carboxylic acids is 1. The number of alkyl halides is 3. The van der Waals surface area contributed by atoms with Gasteiger partial charge in [0.25, 0.3) is 0 Å². The molecule has 0 spiro atoms. The van der Waals surface area contributed by atoms with E-state index in [9.17, 15) is 26.7 Å². The first-order valence-electron chi connectivity index (χ1n) is 9.02. The Morgan fingerprint density at radius 3 is 2.38 bits per heavy atom. The van der Waals surface area contributed by atoms with Crippen LogP contribution in [-0.4, -0.2) is 23.7 Å². The van der Waals surface area contributed by atoms with Gasteiger partial charge >= 0.3 is 6.18 Å². The van der Waals surface area contributed by atoms with Crippen LogP contribution in [-0.2, 0) is 10.3 Å². The van der Waals surface area contributed by atoms with Crippen molar-refractivity contribution in [3.05, 3.63) is 59.3 Å². The number of amides is 1. The molecule has 0 radical (unpaired) electrons. The van der Waals surface area contributed by atoms with E-state index >= 15 is 0 Å². The molecule has 1 heterocycles. The van der Waals surface area contributed by atoms with Gasteiger partial charge < -0.3 is 10.1 Å². The van der Waals surface area contributed by atoms with E-state index in [0.717, 1.165) is 12.1 Å². The van der Waals surface area contributed by atoms with Crippen LogP contribution in [0, 0.1) is 11.6 Å². The number of benzene rings is 1. The lowest BCUT2D eigenvalue weighted by Crippen LogP contribution is -2.36. The predicted molar refractivity (Wildman–Crippen MR) is 94.2 cm³/mol. The molecule has 1 aliphatic carbocycles. The summed E-state index contributed by atoms with van der Waals surface area (Å²) in [7, 11) is 0. The van der Waals surface area contributed by atoms with Gasteiger partial charge in [-0.05, 0) is 37.0 Å². The molecular formula is C20H19F5N2O2. The smallest absolute Gasteiger partial charge is 0.422 e. The van der Waals surface area contributed by atoms with Gasteiger partial charge in [-0.15, -0.1) is 0 Å². The Kier molecular flexibility index (Phi) is 5.77. The van der Waals surface area contributed by atoms with Crippen LogP contribution in [0.4, 0.5) is 22.0 Å². The molecule has 1 aliphatic rings. The molecule has 1 amide bonds. The number of hydrogen-bond acceptors (Lipinski definition) is 3. The molecule has 156 valence electrons. The standard InChI is InChI=1S/C20H19F5N2O2/c1-12(18-13(21)4-2-5-14(18)22)10-16(28)27-19(8-9-19)15-6-3-7-17(26-15)29-11-20(23,24)25/h2-7,12H,8-11H2,1H3,(H,27,28)/t12-/m0/s1. The lowest BCUT2D eigenvalue weighted by molar-refractivity contribution is -0.154. The highest BCUT2D eigenvalue weighted by atomic mass is 19.4. The Balaban J connectivity index is 1.66. The first-order chi connectivity index (χ1) is 13.6. The maximum Gasteiger partial charge on any atom is 0.422 e. The lowest BCUT2D eigenvalue weighted by Gasteiger charge is -2.20. The normalized spacial score (nSPS) is 16.2. The van der Waals surface area contributed by atoms with E-state index in [-0.39, 0.29) is 17.9 Å². The van der Waals surface area contributed by atoms with Crippen molar-refractivity contribution in [2.24, 2.45) is 0 Å². The first-order valence-corrected chi connectivity index (χ1v) is 9.02. The molecule has 1 aromatic carbocycles. The van der Waals surface area contributed by atoms with Crippen molar-refractivity contribution in [3.8, 4) is 5.88 Å². The Labute approximate surface area is 164 Å². The molecule has 29 heavy (non-hydrogen) atoms. The highest BCUT2D eigenvalue weighted by molar-refractivity contribution is 5.78. The van der Waals surface area contributed by atoms with Crippen molar-refractivity contribution in [3.63, 3.8) is 0 Å². The van der Waals surface area contributed by atoms with Crippen LogP contribution in [0.1, 0.15) is 43.4 Å². The van der Waals surface area contributed by atoms with Gasteiger partial charge in [0.05, 0.1) is 11.2 Å². The summed E-state index contributed by atoms with van der Waals surface area (Å²) in [5.74, 6) is -2.75. The minimum absolute atomic E-state index is 0.149. The van der Waals surface area contributed by atoms with Gasteiger partial charge in [0.2, 0.25) is 11.8 Å². The highest BCUT2D eigenvalue weighted by Crippen LogP contribution is 2.45. The zero-order valence-corrected chi connectivity index (χ0v) is 15.5. The second-order valence-electron chi connectivity index (χ2n) is 7.14. The molecule has 1 N–H and O–H groups in total. The summed E-state index contributed by atoms with van der Waals surface area (Å²) in [5, 5.41) is 2.80. The maximum atomic E-state index is 13.9. The highest BCUT2D eigenvalue weighted by Gasteiger charge is 2.47. The average Bonchev–Trinajstić information content (AvgIpc) is 3.40. The number of rotatable bonds is 7. The van der Waals surface area contributed by atoms with Crippen molar-refractivity contribution < 1.29 is 31.5 Å². The van der Waals surface area contributed by atoms with Crippen molar-refractivity contribution in [1.29, 1.82) is 0 Å². The van der Waals surface area contributed by atoms with Crippen molar-refractivity contribution in [2.45, 2.75) is 43.8 Å². The lowest BCUT2D eigenvalue weighted by atomic mass is 9.96. The van der Waals surface area contributed by atoms with Gasteiger partial charge in [-0.25, -0.2) is 13.8 Å². The number of aromatic nitrogens is 1. The SMILES string of the molecule is C[C@@H](CC(=O)NC1(c2cccc(OCC(F)(F)F)n2)CC1)c1c(F)cccc1F. The number of halogens is 5. The zero-order chi connectivity index (χ0) is 21.2. The van der Waals surface area contributed by atoms with Gasteiger partial charge in [0.1, 0.15) is 11.6 Å². The number of nitrogens with one attached hydrogen (secondary N) is 1. The molecule has 2 aromatic rings. The van der Waals surface area contributed by atoms with Crippen LogP contribution in [0.2, 0.25) is 0 Å². The third-order valence-electron chi connectivity index (χ3n) is 4.71. The molecule has 4 nitrogen and oxygen atoms in total. The summed E-state index contributed by atoms with van der Waals surface area (Å²) in [6.45, 7) is 0.0824. The minimum Gasteiger partial charge on any atom is -0.468 e. The molecule has 9 heteroatoms. The quantitative estimate of drug-likeness (QED) is 0.674. The van der Waals surface area contributed by atoms with Crippen molar-refractivity contribution in [1.82, 2.24) is 10.3 Å². The molecule has 1 fully saturated rings.